The Morgan fingerprint density at radius 1 is 1.17 bits per heavy atom. The minimum absolute atomic E-state index is 0. The van der Waals surface area contributed by atoms with Gasteiger partial charge in [-0.1, -0.05) is 5.75 Å². The molecule has 0 radical (unpaired) electrons. The van der Waals surface area contributed by atoms with E-state index >= 15 is 0 Å². The molecule has 7 heteroatoms. The van der Waals surface area contributed by atoms with Crippen LogP contribution in [0.4, 0.5) is 0 Å². The average Bonchev–Trinajstić information content (AvgIpc) is 2.44. The number of nitrogens with zero attached hydrogens (tertiary/aromatic N) is 2. The van der Waals surface area contributed by atoms with E-state index in [1.807, 2.05) is 12.1 Å². The Bertz CT molecular complexity index is 520. The number of hydrogen-bond donors (Lipinski definition) is 1. The summed E-state index contributed by atoms with van der Waals surface area (Å²) in [4.78, 5) is 4.91. The Hall–Kier alpha value is 1.36. The van der Waals surface area contributed by atoms with Crippen molar-refractivity contribution < 1.29 is 34.7 Å². The van der Waals surface area contributed by atoms with Crippen LogP contribution in [-0.4, -0.2) is 55.1 Å². The molecule has 1 aliphatic rings. The molecule has 1 saturated heterocycles. The number of piperazine rings is 1. The summed E-state index contributed by atoms with van der Waals surface area (Å²) in [6, 6.07) is 3.92. The third-order valence-electron chi connectivity index (χ3n) is 4.32. The molecule has 1 aromatic carbocycles. The molecule has 1 aromatic rings. The van der Waals surface area contributed by atoms with Gasteiger partial charge in [-0.05, 0) is 83.8 Å². The zero-order valence-electron chi connectivity index (χ0n) is 14.5. The molecule has 0 unspecified atom stereocenters. The zero-order chi connectivity index (χ0) is 16.3. The maximum Gasteiger partial charge on any atom is 1.00 e. The summed E-state index contributed by atoms with van der Waals surface area (Å²) in [5.41, 5.74) is 0.977. The molecular formula is C16H24I2N3NaO. The fourth-order valence-electron chi connectivity index (χ4n) is 2.77. The zero-order valence-corrected chi connectivity index (χ0v) is 20.8. The molecule has 2 rings (SSSR count). The van der Waals surface area contributed by atoms with E-state index in [1.165, 1.54) is 0 Å². The summed E-state index contributed by atoms with van der Waals surface area (Å²) >= 11 is 4.39. The van der Waals surface area contributed by atoms with Crippen molar-refractivity contribution in [2.24, 2.45) is 0 Å². The van der Waals surface area contributed by atoms with Crippen LogP contribution >= 0.6 is 45.2 Å². The molecule has 0 aromatic heterocycles. The first-order chi connectivity index (χ1) is 10.3. The van der Waals surface area contributed by atoms with Gasteiger partial charge in [0.25, 0.3) is 0 Å². The molecule has 124 valence electrons. The standard InChI is InChI=1S/C16H25I2N3O.Na/c1-16(2,21-6-4-20(3)5-7-21)11-19-10-12-8-13(17)9-14(18)15(12)22;/h8-9,19,22H,4-7,10-11H2,1-3H3;/q;+1/p-1. The minimum Gasteiger partial charge on any atom is -0.872 e. The van der Waals surface area contributed by atoms with Crippen LogP contribution in [0.15, 0.2) is 12.1 Å². The Kier molecular flexibility index (Phi) is 9.63. The molecule has 23 heavy (non-hydrogen) atoms. The van der Waals surface area contributed by atoms with Gasteiger partial charge in [0.1, 0.15) is 0 Å². The van der Waals surface area contributed by atoms with Crippen LogP contribution in [0.2, 0.25) is 0 Å². The van der Waals surface area contributed by atoms with E-state index in [4.69, 9.17) is 0 Å². The minimum atomic E-state index is 0. The van der Waals surface area contributed by atoms with Gasteiger partial charge in [0.2, 0.25) is 0 Å². The first-order valence-corrected chi connectivity index (χ1v) is 9.74. The molecule has 0 atom stereocenters. The fraction of sp³-hybridized carbons (Fsp3) is 0.625. The molecule has 0 saturated carbocycles. The molecule has 1 fully saturated rings. The molecule has 1 aliphatic heterocycles. The number of benzene rings is 1. The van der Waals surface area contributed by atoms with Crippen molar-refractivity contribution in [2.75, 3.05) is 39.8 Å². The van der Waals surface area contributed by atoms with Crippen molar-refractivity contribution >= 4 is 45.2 Å². The molecule has 1 N–H and O–H groups in total. The second-order valence-corrected chi connectivity index (χ2v) is 8.99. The summed E-state index contributed by atoms with van der Waals surface area (Å²) in [6.45, 7) is 10.6. The van der Waals surface area contributed by atoms with Gasteiger partial charge in [-0.3, -0.25) is 4.90 Å². The van der Waals surface area contributed by atoms with Crippen molar-refractivity contribution in [3.05, 3.63) is 24.8 Å². The number of hydrogen-bond acceptors (Lipinski definition) is 4. The third-order valence-corrected chi connectivity index (χ3v) is 5.74. The fourth-order valence-corrected chi connectivity index (χ4v) is 4.74. The van der Waals surface area contributed by atoms with Gasteiger partial charge in [-0.2, -0.15) is 0 Å². The van der Waals surface area contributed by atoms with Crippen molar-refractivity contribution in [1.29, 1.82) is 0 Å². The van der Waals surface area contributed by atoms with Crippen LogP contribution in [0.1, 0.15) is 19.4 Å². The van der Waals surface area contributed by atoms with Crippen LogP contribution in [0.3, 0.4) is 0 Å². The molecule has 4 nitrogen and oxygen atoms in total. The van der Waals surface area contributed by atoms with Gasteiger partial charge < -0.3 is 15.3 Å². The van der Waals surface area contributed by atoms with Crippen molar-refractivity contribution in [2.45, 2.75) is 25.9 Å². The molecule has 0 amide bonds. The first kappa shape index (κ1) is 22.4. The smallest absolute Gasteiger partial charge is 0.872 e. The number of rotatable bonds is 5. The normalized spacial score (nSPS) is 17.1. The van der Waals surface area contributed by atoms with Crippen molar-refractivity contribution in [3.8, 4) is 5.75 Å². The number of likely N-dealkylation sites (N-methyl/N-ethyl adjacent to an activating group) is 1. The Morgan fingerprint density at radius 2 is 1.78 bits per heavy atom. The predicted molar refractivity (Wildman–Crippen MR) is 106 cm³/mol. The van der Waals surface area contributed by atoms with E-state index in [9.17, 15) is 5.11 Å². The Balaban J connectivity index is 0.00000264. The number of halogens is 2. The second-order valence-electron chi connectivity index (χ2n) is 6.58. The summed E-state index contributed by atoms with van der Waals surface area (Å²) in [5.74, 6) is 0.158. The first-order valence-electron chi connectivity index (χ1n) is 7.59. The van der Waals surface area contributed by atoms with Gasteiger partial charge >= 0.3 is 29.6 Å². The molecule has 0 bridgehead atoms. The maximum atomic E-state index is 12.1. The van der Waals surface area contributed by atoms with Gasteiger partial charge in [0, 0.05) is 51.9 Å². The molecule has 1 heterocycles. The van der Waals surface area contributed by atoms with Crippen LogP contribution in [0.25, 0.3) is 0 Å². The second kappa shape index (κ2) is 9.89. The van der Waals surface area contributed by atoms with Crippen LogP contribution in [0.5, 0.6) is 5.75 Å². The summed E-state index contributed by atoms with van der Waals surface area (Å²) in [6.07, 6.45) is 0. The van der Waals surface area contributed by atoms with Crippen molar-refractivity contribution in [1.82, 2.24) is 15.1 Å². The van der Waals surface area contributed by atoms with Gasteiger partial charge in [0.05, 0.1) is 0 Å². The Morgan fingerprint density at radius 3 is 2.39 bits per heavy atom. The van der Waals surface area contributed by atoms with E-state index in [2.05, 4.69) is 81.2 Å². The number of nitrogens with one attached hydrogen (secondary N) is 1. The molecule has 0 spiro atoms. The van der Waals surface area contributed by atoms with Crippen molar-refractivity contribution in [3.63, 3.8) is 0 Å². The third kappa shape index (κ3) is 6.54. The van der Waals surface area contributed by atoms with E-state index in [1.54, 1.807) is 0 Å². The largest absolute Gasteiger partial charge is 1.00 e. The molecule has 0 aliphatic carbocycles. The Labute approximate surface area is 189 Å². The SMILES string of the molecule is CN1CCN(C(C)(C)CNCc2cc(I)cc(I)c2[O-])CC1.[Na+]. The summed E-state index contributed by atoms with van der Waals surface area (Å²) in [5, 5.41) is 15.6. The van der Waals surface area contributed by atoms with E-state index in [0.717, 1.165) is 45.4 Å². The van der Waals surface area contributed by atoms with E-state index in [0.29, 0.717) is 6.54 Å². The van der Waals surface area contributed by atoms with E-state index in [-0.39, 0.29) is 40.8 Å². The van der Waals surface area contributed by atoms with Gasteiger partial charge in [-0.25, -0.2) is 0 Å². The maximum absolute atomic E-state index is 12.1. The summed E-state index contributed by atoms with van der Waals surface area (Å²) in [7, 11) is 2.18. The summed E-state index contributed by atoms with van der Waals surface area (Å²) < 4.78 is 1.93. The van der Waals surface area contributed by atoms with E-state index < -0.39 is 0 Å². The predicted octanol–water partition coefficient (Wildman–Crippen LogP) is -0.911. The van der Waals surface area contributed by atoms with Gasteiger partial charge in [-0.15, -0.1) is 0 Å². The monoisotopic (exact) mass is 551 g/mol. The van der Waals surface area contributed by atoms with Crippen LogP contribution in [-0.2, 0) is 6.54 Å². The quantitative estimate of drug-likeness (QED) is 0.381. The van der Waals surface area contributed by atoms with Crippen LogP contribution in [0, 0.1) is 7.14 Å². The average molecular weight is 551 g/mol. The molecular weight excluding hydrogens is 527 g/mol. The topological polar surface area (TPSA) is 41.6 Å². The van der Waals surface area contributed by atoms with Gasteiger partial charge in [0.15, 0.2) is 0 Å². The van der Waals surface area contributed by atoms with Crippen LogP contribution < -0.4 is 40.0 Å².